The summed E-state index contributed by atoms with van der Waals surface area (Å²) in [6, 6.07) is 3.76. The van der Waals surface area contributed by atoms with Crippen LogP contribution in [0.3, 0.4) is 0 Å². The van der Waals surface area contributed by atoms with Gasteiger partial charge >= 0.3 is 5.97 Å². The van der Waals surface area contributed by atoms with Gasteiger partial charge in [-0.2, -0.15) is 0 Å². The van der Waals surface area contributed by atoms with Crippen molar-refractivity contribution in [3.8, 4) is 11.4 Å². The minimum atomic E-state index is -0.439. The van der Waals surface area contributed by atoms with Gasteiger partial charge in [-0.25, -0.2) is 4.79 Å². The van der Waals surface area contributed by atoms with Crippen LogP contribution < -0.4 is 5.32 Å². The Morgan fingerprint density at radius 1 is 1.30 bits per heavy atom. The second-order valence-corrected chi connectivity index (χ2v) is 8.48. The molecule has 0 fully saturated rings. The molecule has 3 heterocycles. The van der Waals surface area contributed by atoms with Crippen LogP contribution in [0.25, 0.3) is 11.4 Å². The van der Waals surface area contributed by atoms with Crippen molar-refractivity contribution in [2.24, 2.45) is 0 Å². The molecule has 0 spiro atoms. The fourth-order valence-corrected chi connectivity index (χ4v) is 5.04. The number of carbonyl (C=O) groups excluding carboxylic acids is 2. The number of nitrogens with zero attached hydrogens (tertiary/aromatic N) is 4. The van der Waals surface area contributed by atoms with Gasteiger partial charge < -0.3 is 14.6 Å². The minimum absolute atomic E-state index is 0.143. The monoisotopic (exact) mass is 445 g/mol. The van der Waals surface area contributed by atoms with E-state index in [1.807, 2.05) is 37.5 Å². The molecule has 3 rings (SSSR count). The van der Waals surface area contributed by atoms with E-state index in [-0.39, 0.29) is 11.7 Å². The van der Waals surface area contributed by atoms with Crippen LogP contribution in [0, 0.1) is 6.92 Å². The topological polar surface area (TPSA) is 99.0 Å². The van der Waals surface area contributed by atoms with Gasteiger partial charge in [-0.3, -0.25) is 9.78 Å². The van der Waals surface area contributed by atoms with E-state index in [4.69, 9.17) is 4.74 Å². The maximum absolute atomic E-state index is 12.6. The number of rotatable bonds is 8. The number of hydrogen-bond donors (Lipinski definition) is 1. The van der Waals surface area contributed by atoms with E-state index in [1.165, 1.54) is 30.2 Å². The Kier molecular flexibility index (Phi) is 7.22. The van der Waals surface area contributed by atoms with Gasteiger partial charge in [0, 0.05) is 29.4 Å². The first kappa shape index (κ1) is 22.0. The molecule has 3 aromatic rings. The normalized spacial score (nSPS) is 10.8. The van der Waals surface area contributed by atoms with Gasteiger partial charge in [-0.05, 0) is 38.0 Å². The molecule has 0 saturated carbocycles. The molecule has 0 atom stereocenters. The van der Waals surface area contributed by atoms with Crippen molar-refractivity contribution in [1.29, 1.82) is 0 Å². The Morgan fingerprint density at radius 2 is 2.10 bits per heavy atom. The molecule has 0 aliphatic rings. The molecule has 0 aliphatic heterocycles. The first-order valence-electron chi connectivity index (χ1n) is 9.46. The van der Waals surface area contributed by atoms with Crippen LogP contribution in [0.2, 0.25) is 0 Å². The van der Waals surface area contributed by atoms with E-state index in [2.05, 4.69) is 20.5 Å². The molecule has 30 heavy (non-hydrogen) atoms. The van der Waals surface area contributed by atoms with E-state index in [9.17, 15) is 9.59 Å². The Balaban J connectivity index is 1.73. The molecule has 1 N–H and O–H groups in total. The molecular weight excluding hydrogens is 422 g/mol. The zero-order valence-electron chi connectivity index (χ0n) is 17.3. The summed E-state index contributed by atoms with van der Waals surface area (Å²) >= 11 is 2.68. The molecule has 1 amide bonds. The maximum Gasteiger partial charge on any atom is 0.341 e. The SMILES string of the molecule is CCc1c(C)sc(NC(=O)CSc2nnc(-c3cccnc3)n2CC)c1C(=O)OC. The van der Waals surface area contributed by atoms with Crippen molar-refractivity contribution in [3.63, 3.8) is 0 Å². The Labute approximate surface area is 183 Å². The highest BCUT2D eigenvalue weighted by atomic mass is 32.2. The highest BCUT2D eigenvalue weighted by molar-refractivity contribution is 7.99. The molecular formula is C20H23N5O3S2. The predicted octanol–water partition coefficient (Wildman–Crippen LogP) is 3.81. The number of anilines is 1. The number of methoxy groups -OCH3 is 1. The van der Waals surface area contributed by atoms with Crippen molar-refractivity contribution in [2.75, 3.05) is 18.2 Å². The highest BCUT2D eigenvalue weighted by Crippen LogP contribution is 2.34. The number of thioether (sulfide) groups is 1. The first-order chi connectivity index (χ1) is 14.5. The minimum Gasteiger partial charge on any atom is -0.465 e. The second kappa shape index (κ2) is 9.86. The maximum atomic E-state index is 12.6. The van der Waals surface area contributed by atoms with E-state index in [1.54, 1.807) is 12.4 Å². The molecule has 0 aromatic carbocycles. The van der Waals surface area contributed by atoms with Crippen LogP contribution in [0.4, 0.5) is 5.00 Å². The van der Waals surface area contributed by atoms with E-state index in [0.717, 1.165) is 16.0 Å². The third-order valence-electron chi connectivity index (χ3n) is 4.49. The molecule has 158 valence electrons. The summed E-state index contributed by atoms with van der Waals surface area (Å²) < 4.78 is 6.85. The summed E-state index contributed by atoms with van der Waals surface area (Å²) in [6.07, 6.45) is 4.12. The standard InChI is InChI=1S/C20H23N5O3S2/c1-5-14-12(3)30-18(16(14)19(27)28-4)22-15(26)11-29-20-24-23-17(25(20)6-2)13-8-7-9-21-10-13/h7-10H,5-6,11H2,1-4H3,(H,22,26). The van der Waals surface area contributed by atoms with Gasteiger partial charge in [0.2, 0.25) is 5.91 Å². The van der Waals surface area contributed by atoms with Crippen LogP contribution >= 0.6 is 23.1 Å². The van der Waals surface area contributed by atoms with E-state index >= 15 is 0 Å². The average molecular weight is 446 g/mol. The third kappa shape index (κ3) is 4.54. The zero-order chi connectivity index (χ0) is 21.7. The van der Waals surface area contributed by atoms with Crippen LogP contribution in [0.1, 0.15) is 34.6 Å². The highest BCUT2D eigenvalue weighted by Gasteiger charge is 2.23. The van der Waals surface area contributed by atoms with Crippen molar-refractivity contribution < 1.29 is 14.3 Å². The fourth-order valence-electron chi connectivity index (χ4n) is 3.09. The molecule has 10 heteroatoms. The third-order valence-corrected chi connectivity index (χ3v) is 6.52. The molecule has 0 saturated heterocycles. The number of aryl methyl sites for hydroxylation is 1. The Morgan fingerprint density at radius 3 is 2.73 bits per heavy atom. The van der Waals surface area contributed by atoms with Gasteiger partial charge in [0.05, 0.1) is 18.4 Å². The van der Waals surface area contributed by atoms with E-state index < -0.39 is 5.97 Å². The lowest BCUT2D eigenvalue weighted by Crippen LogP contribution is -2.16. The summed E-state index contributed by atoms with van der Waals surface area (Å²) in [5.41, 5.74) is 2.21. The van der Waals surface area contributed by atoms with Gasteiger partial charge in [-0.1, -0.05) is 18.7 Å². The molecule has 0 bridgehead atoms. The number of amides is 1. The number of ether oxygens (including phenoxy) is 1. The van der Waals surface area contributed by atoms with Crippen LogP contribution in [0.15, 0.2) is 29.7 Å². The largest absolute Gasteiger partial charge is 0.465 e. The predicted molar refractivity (Wildman–Crippen MR) is 118 cm³/mol. The van der Waals surface area contributed by atoms with Gasteiger partial charge in [-0.15, -0.1) is 21.5 Å². The molecule has 0 unspecified atom stereocenters. The Bertz CT molecular complexity index is 1050. The second-order valence-electron chi connectivity index (χ2n) is 6.32. The first-order valence-corrected chi connectivity index (χ1v) is 11.3. The number of nitrogens with one attached hydrogen (secondary N) is 1. The van der Waals surface area contributed by atoms with Crippen molar-refractivity contribution in [1.82, 2.24) is 19.7 Å². The van der Waals surface area contributed by atoms with Crippen molar-refractivity contribution in [2.45, 2.75) is 38.9 Å². The average Bonchev–Trinajstić information content (AvgIpc) is 3.31. The number of thiophene rings is 1. The van der Waals surface area contributed by atoms with Crippen LogP contribution in [-0.4, -0.2) is 44.5 Å². The van der Waals surface area contributed by atoms with E-state index in [0.29, 0.717) is 34.5 Å². The van der Waals surface area contributed by atoms with Gasteiger partial charge in [0.15, 0.2) is 11.0 Å². The molecule has 8 nitrogen and oxygen atoms in total. The summed E-state index contributed by atoms with van der Waals surface area (Å²) in [5, 5.41) is 12.5. The quantitative estimate of drug-likeness (QED) is 0.416. The lowest BCUT2D eigenvalue weighted by atomic mass is 10.1. The number of aromatic nitrogens is 4. The molecule has 0 aliphatic carbocycles. The van der Waals surface area contributed by atoms with Gasteiger partial charge in [0.1, 0.15) is 5.00 Å². The summed E-state index contributed by atoms with van der Waals surface area (Å²) in [7, 11) is 1.34. The smallest absolute Gasteiger partial charge is 0.341 e. The number of hydrogen-bond acceptors (Lipinski definition) is 8. The summed E-state index contributed by atoms with van der Waals surface area (Å²) in [5.74, 6) is 0.195. The van der Waals surface area contributed by atoms with Crippen LogP contribution in [0.5, 0.6) is 0 Å². The summed E-state index contributed by atoms with van der Waals surface area (Å²) in [4.78, 5) is 29.9. The number of esters is 1. The Hall–Kier alpha value is -2.72. The summed E-state index contributed by atoms with van der Waals surface area (Å²) in [6.45, 7) is 6.57. The fraction of sp³-hybridized carbons (Fsp3) is 0.350. The van der Waals surface area contributed by atoms with Crippen molar-refractivity contribution >= 4 is 40.0 Å². The molecule has 0 radical (unpaired) electrons. The zero-order valence-corrected chi connectivity index (χ0v) is 18.9. The molecule has 3 aromatic heterocycles. The van der Waals surface area contributed by atoms with Crippen molar-refractivity contribution in [3.05, 3.63) is 40.5 Å². The number of pyridine rings is 1. The lowest BCUT2D eigenvalue weighted by molar-refractivity contribution is -0.113. The lowest BCUT2D eigenvalue weighted by Gasteiger charge is -2.08. The number of carbonyl (C=O) groups is 2. The van der Waals surface area contributed by atoms with Gasteiger partial charge in [0.25, 0.3) is 0 Å². The van der Waals surface area contributed by atoms with Crippen LogP contribution in [-0.2, 0) is 22.5 Å².